The average molecular weight is 299 g/mol. The highest BCUT2D eigenvalue weighted by atomic mass is 16.2. The summed E-state index contributed by atoms with van der Waals surface area (Å²) in [6.07, 6.45) is 10.1. The molecule has 2 aromatic rings. The predicted octanol–water partition coefficient (Wildman–Crippen LogP) is 4.40. The molecule has 1 amide bonds. The molecule has 1 unspecified atom stereocenters. The second-order valence-corrected chi connectivity index (χ2v) is 5.83. The maximum Gasteiger partial charge on any atom is 0.250 e. The minimum Gasteiger partial charge on any atom is -0.305 e. The highest BCUT2D eigenvalue weighted by Crippen LogP contribution is 2.41. The Bertz CT molecular complexity index is 860. The molecular formula is C21H17NO. The number of benzene rings is 2. The van der Waals surface area contributed by atoms with Crippen LogP contribution in [0.5, 0.6) is 0 Å². The maximum atomic E-state index is 12.2. The minimum atomic E-state index is -0.0799. The number of amides is 1. The number of fused-ring (bicyclic) bond motifs is 3. The van der Waals surface area contributed by atoms with Crippen LogP contribution in [0.1, 0.15) is 22.7 Å². The van der Waals surface area contributed by atoms with Gasteiger partial charge in [-0.25, -0.2) is 0 Å². The highest BCUT2D eigenvalue weighted by Gasteiger charge is 2.27. The van der Waals surface area contributed by atoms with Crippen LogP contribution >= 0.6 is 0 Å². The summed E-state index contributed by atoms with van der Waals surface area (Å²) in [5.74, 6) is -0.0799. The number of allylic oxidation sites excluding steroid dienone is 2. The van der Waals surface area contributed by atoms with Gasteiger partial charge in [-0.2, -0.15) is 0 Å². The van der Waals surface area contributed by atoms with Gasteiger partial charge in [0.15, 0.2) is 0 Å². The molecule has 1 aliphatic carbocycles. The third kappa shape index (κ3) is 2.15. The van der Waals surface area contributed by atoms with Gasteiger partial charge in [0.2, 0.25) is 0 Å². The van der Waals surface area contributed by atoms with E-state index in [0.717, 1.165) is 6.42 Å². The molecule has 2 heteroatoms. The minimum absolute atomic E-state index is 0.0743. The van der Waals surface area contributed by atoms with Gasteiger partial charge in [0.05, 0.1) is 6.04 Å². The second-order valence-electron chi connectivity index (χ2n) is 5.83. The molecule has 23 heavy (non-hydrogen) atoms. The lowest BCUT2D eigenvalue weighted by atomic mass is 9.94. The van der Waals surface area contributed by atoms with E-state index in [0.29, 0.717) is 0 Å². The summed E-state index contributed by atoms with van der Waals surface area (Å²) in [6, 6.07) is 14.8. The molecule has 4 rings (SSSR count). The lowest BCUT2D eigenvalue weighted by Crippen LogP contribution is -2.29. The van der Waals surface area contributed by atoms with E-state index in [9.17, 15) is 4.79 Å². The Morgan fingerprint density at radius 2 is 1.91 bits per heavy atom. The van der Waals surface area contributed by atoms with Crippen LogP contribution in [-0.4, -0.2) is 10.8 Å². The molecule has 0 aromatic heterocycles. The first-order chi connectivity index (χ1) is 11.3. The van der Waals surface area contributed by atoms with Crippen molar-refractivity contribution < 1.29 is 4.79 Å². The monoisotopic (exact) mass is 299 g/mol. The number of hydrogen-bond donors (Lipinski definition) is 0. The van der Waals surface area contributed by atoms with Crippen LogP contribution in [0.25, 0.3) is 11.1 Å². The van der Waals surface area contributed by atoms with Crippen LogP contribution in [0.15, 0.2) is 79.5 Å². The molecule has 2 aliphatic rings. The number of nitrogens with zero attached hydrogens (tertiary/aromatic N) is 1. The topological polar surface area (TPSA) is 20.3 Å². The fourth-order valence-corrected chi connectivity index (χ4v) is 3.53. The van der Waals surface area contributed by atoms with Gasteiger partial charge in [-0.1, -0.05) is 61.2 Å². The smallest absolute Gasteiger partial charge is 0.250 e. The van der Waals surface area contributed by atoms with Gasteiger partial charge in [0, 0.05) is 6.20 Å². The average Bonchev–Trinajstić information content (AvgIpc) is 3.00. The summed E-state index contributed by atoms with van der Waals surface area (Å²) in [5, 5.41) is 0. The van der Waals surface area contributed by atoms with Crippen molar-refractivity contribution in [1.82, 2.24) is 4.90 Å². The number of hydrogen-bond acceptors (Lipinski definition) is 1. The predicted molar refractivity (Wildman–Crippen MR) is 92.7 cm³/mol. The van der Waals surface area contributed by atoms with Gasteiger partial charge in [-0.05, 0) is 46.4 Å². The van der Waals surface area contributed by atoms with Crippen molar-refractivity contribution in [2.75, 3.05) is 0 Å². The van der Waals surface area contributed by atoms with Crippen molar-refractivity contribution in [2.45, 2.75) is 12.5 Å². The van der Waals surface area contributed by atoms with Gasteiger partial charge in [0.25, 0.3) is 5.91 Å². The van der Waals surface area contributed by atoms with Crippen molar-refractivity contribution >= 4 is 5.91 Å². The second kappa shape index (κ2) is 5.40. The molecule has 1 atom stereocenters. The quantitative estimate of drug-likeness (QED) is 0.642. The van der Waals surface area contributed by atoms with Crippen LogP contribution < -0.4 is 0 Å². The van der Waals surface area contributed by atoms with Gasteiger partial charge in [0.1, 0.15) is 0 Å². The molecule has 0 N–H and O–H groups in total. The molecule has 112 valence electrons. The Morgan fingerprint density at radius 1 is 1.09 bits per heavy atom. The Balaban J connectivity index is 1.82. The Kier molecular flexibility index (Phi) is 3.23. The number of carbonyl (C=O) groups is 1. The molecule has 0 bridgehead atoms. The van der Waals surface area contributed by atoms with E-state index in [4.69, 9.17) is 0 Å². The van der Waals surface area contributed by atoms with Crippen LogP contribution in [0.4, 0.5) is 0 Å². The van der Waals surface area contributed by atoms with Gasteiger partial charge in [-0.15, -0.1) is 0 Å². The van der Waals surface area contributed by atoms with E-state index < -0.39 is 0 Å². The lowest BCUT2D eigenvalue weighted by molar-refractivity contribution is -0.124. The summed E-state index contributed by atoms with van der Waals surface area (Å²) in [7, 11) is 0. The van der Waals surface area contributed by atoms with Crippen LogP contribution in [0, 0.1) is 0 Å². The highest BCUT2D eigenvalue weighted by molar-refractivity contribution is 5.89. The normalized spacial score (nSPS) is 17.7. The first-order valence-electron chi connectivity index (χ1n) is 7.79. The first-order valence-corrected chi connectivity index (χ1v) is 7.79. The van der Waals surface area contributed by atoms with Crippen molar-refractivity contribution in [3.8, 4) is 11.1 Å². The molecule has 0 fully saturated rings. The van der Waals surface area contributed by atoms with Crippen LogP contribution in [0.2, 0.25) is 0 Å². The van der Waals surface area contributed by atoms with E-state index in [2.05, 4.69) is 55.1 Å². The van der Waals surface area contributed by atoms with Crippen molar-refractivity contribution in [3.63, 3.8) is 0 Å². The largest absolute Gasteiger partial charge is 0.305 e. The fourth-order valence-electron chi connectivity index (χ4n) is 3.53. The van der Waals surface area contributed by atoms with E-state index in [1.54, 1.807) is 4.90 Å². The van der Waals surface area contributed by atoms with Crippen molar-refractivity contribution in [3.05, 3.63) is 96.2 Å². The van der Waals surface area contributed by atoms with Gasteiger partial charge in [-0.3, -0.25) is 4.79 Å². The first kappa shape index (κ1) is 13.8. The molecule has 1 heterocycles. The third-order valence-electron chi connectivity index (χ3n) is 4.59. The summed E-state index contributed by atoms with van der Waals surface area (Å²) < 4.78 is 0. The molecule has 0 saturated carbocycles. The maximum absolute atomic E-state index is 12.2. The van der Waals surface area contributed by atoms with E-state index >= 15 is 0 Å². The summed E-state index contributed by atoms with van der Waals surface area (Å²) >= 11 is 0. The van der Waals surface area contributed by atoms with Crippen LogP contribution in [0.3, 0.4) is 0 Å². The van der Waals surface area contributed by atoms with Crippen LogP contribution in [-0.2, 0) is 11.2 Å². The van der Waals surface area contributed by atoms with Crippen molar-refractivity contribution in [1.29, 1.82) is 0 Å². The molecular weight excluding hydrogens is 282 g/mol. The molecule has 0 spiro atoms. The fraction of sp³-hybridized carbons (Fsp3) is 0.0952. The summed E-state index contributed by atoms with van der Waals surface area (Å²) in [5.41, 5.74) is 6.45. The summed E-state index contributed by atoms with van der Waals surface area (Å²) in [4.78, 5) is 13.9. The Morgan fingerprint density at radius 3 is 2.78 bits per heavy atom. The van der Waals surface area contributed by atoms with E-state index in [-0.39, 0.29) is 11.9 Å². The summed E-state index contributed by atoms with van der Waals surface area (Å²) in [6.45, 7) is 3.62. The van der Waals surface area contributed by atoms with Gasteiger partial charge < -0.3 is 4.90 Å². The number of carbonyl (C=O) groups excluding carboxylic acids is 1. The molecule has 2 nitrogen and oxygen atoms in total. The zero-order chi connectivity index (χ0) is 15.8. The van der Waals surface area contributed by atoms with Gasteiger partial charge >= 0.3 is 0 Å². The molecule has 0 radical (unpaired) electrons. The zero-order valence-corrected chi connectivity index (χ0v) is 12.8. The Hall–Kier alpha value is -2.87. The third-order valence-corrected chi connectivity index (χ3v) is 4.59. The number of rotatable bonds is 2. The van der Waals surface area contributed by atoms with Crippen molar-refractivity contribution in [2.24, 2.45) is 0 Å². The SMILES string of the molecule is C=CC(=O)N1C=CC=CC1c1cccc2c1Cc1ccccc1-2. The van der Waals surface area contributed by atoms with E-state index in [1.807, 2.05) is 18.4 Å². The molecule has 0 saturated heterocycles. The lowest BCUT2D eigenvalue weighted by Gasteiger charge is -2.29. The molecule has 1 aliphatic heterocycles. The standard InChI is InChI=1S/C21H17NO/c1-2-21(23)22-13-6-5-12-20(22)18-11-7-10-17-16-9-4-3-8-15(16)14-19(17)18/h2-13,20H,1,14H2. The zero-order valence-electron chi connectivity index (χ0n) is 12.8. The Labute approximate surface area is 136 Å². The van der Waals surface area contributed by atoms with E-state index in [1.165, 1.54) is 33.9 Å². The molecule has 2 aromatic carbocycles.